The quantitative estimate of drug-likeness (QED) is 0.813. The SMILES string of the molecule is Cl.O=C(Cc1ccc(Br)s1)Nc1ccc2c(c1F)CCNC2. The van der Waals surface area contributed by atoms with Crippen LogP contribution in [0.4, 0.5) is 10.1 Å². The minimum atomic E-state index is -0.297. The van der Waals surface area contributed by atoms with E-state index in [2.05, 4.69) is 26.6 Å². The molecule has 0 saturated carbocycles. The third-order valence-corrected chi connectivity index (χ3v) is 5.07. The first kappa shape index (κ1) is 17.4. The molecule has 1 amide bonds. The first-order chi connectivity index (χ1) is 10.1. The van der Waals surface area contributed by atoms with Crippen molar-refractivity contribution in [1.82, 2.24) is 5.32 Å². The molecule has 0 atom stereocenters. The van der Waals surface area contributed by atoms with Crippen molar-refractivity contribution in [1.29, 1.82) is 0 Å². The van der Waals surface area contributed by atoms with Gasteiger partial charge in [-0.1, -0.05) is 6.07 Å². The average Bonchev–Trinajstić information content (AvgIpc) is 2.87. The van der Waals surface area contributed by atoms with Crippen molar-refractivity contribution in [2.75, 3.05) is 11.9 Å². The number of thiophene rings is 1. The van der Waals surface area contributed by atoms with Gasteiger partial charge in [0.25, 0.3) is 0 Å². The van der Waals surface area contributed by atoms with Crippen molar-refractivity contribution in [2.24, 2.45) is 0 Å². The first-order valence-electron chi connectivity index (χ1n) is 6.68. The van der Waals surface area contributed by atoms with Crippen LogP contribution < -0.4 is 10.6 Å². The van der Waals surface area contributed by atoms with E-state index in [1.807, 2.05) is 18.2 Å². The maximum absolute atomic E-state index is 14.4. The third-order valence-electron chi connectivity index (χ3n) is 3.45. The molecule has 0 unspecified atom stereocenters. The van der Waals surface area contributed by atoms with Gasteiger partial charge in [0.05, 0.1) is 15.9 Å². The number of amides is 1. The Kier molecular flexibility index (Phi) is 5.97. The molecule has 3 rings (SSSR count). The van der Waals surface area contributed by atoms with Crippen molar-refractivity contribution in [3.05, 3.63) is 49.9 Å². The molecule has 0 saturated heterocycles. The van der Waals surface area contributed by atoms with E-state index in [1.54, 1.807) is 6.07 Å². The number of hydrogen-bond acceptors (Lipinski definition) is 3. The van der Waals surface area contributed by atoms with Gasteiger partial charge in [-0.15, -0.1) is 23.7 Å². The highest BCUT2D eigenvalue weighted by molar-refractivity contribution is 9.11. The van der Waals surface area contributed by atoms with Crippen molar-refractivity contribution < 1.29 is 9.18 Å². The van der Waals surface area contributed by atoms with Gasteiger partial charge in [0.2, 0.25) is 5.91 Å². The van der Waals surface area contributed by atoms with Crippen LogP contribution in [0, 0.1) is 5.82 Å². The summed E-state index contributed by atoms with van der Waals surface area (Å²) in [5.74, 6) is -0.494. The minimum absolute atomic E-state index is 0. The maximum Gasteiger partial charge on any atom is 0.229 e. The molecular weight excluding hydrogens is 391 g/mol. The molecule has 0 fully saturated rings. The van der Waals surface area contributed by atoms with Gasteiger partial charge in [0, 0.05) is 11.4 Å². The maximum atomic E-state index is 14.4. The molecule has 1 aliphatic rings. The standard InChI is InChI=1S/C15H14BrFN2OS.ClH/c16-13-4-2-10(21-13)7-14(20)19-12-3-1-9-8-18-6-5-11(9)15(12)17;/h1-4,18H,5-8H2,(H,19,20);1H. The summed E-state index contributed by atoms with van der Waals surface area (Å²) in [5, 5.41) is 5.88. The number of carbonyl (C=O) groups excluding carboxylic acids is 1. The van der Waals surface area contributed by atoms with Crippen molar-refractivity contribution in [3.63, 3.8) is 0 Å². The van der Waals surface area contributed by atoms with Crippen LogP contribution in [0.3, 0.4) is 0 Å². The number of halogens is 3. The fourth-order valence-corrected chi connectivity index (χ4v) is 3.91. The number of anilines is 1. The number of rotatable bonds is 3. The summed E-state index contributed by atoms with van der Waals surface area (Å²) in [6.07, 6.45) is 0.914. The predicted octanol–water partition coefficient (Wildman–Crippen LogP) is 3.90. The second-order valence-corrected chi connectivity index (χ2v) is 7.47. The molecular formula is C15H15BrClFN2OS. The van der Waals surface area contributed by atoms with Gasteiger partial charge in [-0.2, -0.15) is 0 Å². The Hall–Kier alpha value is -0.950. The van der Waals surface area contributed by atoms with E-state index in [0.29, 0.717) is 18.5 Å². The Morgan fingerprint density at radius 1 is 1.36 bits per heavy atom. The zero-order chi connectivity index (χ0) is 14.8. The fourth-order valence-electron chi connectivity index (χ4n) is 2.43. The van der Waals surface area contributed by atoms with Crippen LogP contribution in [0.1, 0.15) is 16.0 Å². The molecule has 7 heteroatoms. The molecule has 2 heterocycles. The molecule has 1 aromatic carbocycles. The smallest absolute Gasteiger partial charge is 0.229 e. The van der Waals surface area contributed by atoms with Crippen LogP contribution in [0.5, 0.6) is 0 Å². The largest absolute Gasteiger partial charge is 0.323 e. The molecule has 0 spiro atoms. The number of hydrogen-bond donors (Lipinski definition) is 2. The second-order valence-electron chi connectivity index (χ2n) is 4.92. The molecule has 3 nitrogen and oxygen atoms in total. The van der Waals surface area contributed by atoms with Crippen LogP contribution in [0.25, 0.3) is 0 Å². The van der Waals surface area contributed by atoms with E-state index >= 15 is 0 Å². The lowest BCUT2D eigenvalue weighted by Crippen LogP contribution is -2.25. The van der Waals surface area contributed by atoms with Gasteiger partial charge in [-0.3, -0.25) is 4.79 Å². The van der Waals surface area contributed by atoms with E-state index in [4.69, 9.17) is 0 Å². The number of fused-ring (bicyclic) bond motifs is 1. The van der Waals surface area contributed by atoms with Gasteiger partial charge in [-0.05, 0) is 58.2 Å². The lowest BCUT2D eigenvalue weighted by molar-refractivity contribution is -0.115. The zero-order valence-electron chi connectivity index (χ0n) is 11.6. The topological polar surface area (TPSA) is 41.1 Å². The minimum Gasteiger partial charge on any atom is -0.323 e. The third kappa shape index (κ3) is 3.87. The van der Waals surface area contributed by atoms with Crippen LogP contribution in [0.2, 0.25) is 0 Å². The van der Waals surface area contributed by atoms with Gasteiger partial charge in [0.1, 0.15) is 5.82 Å². The Labute approximate surface area is 146 Å². The summed E-state index contributed by atoms with van der Waals surface area (Å²) in [5.41, 5.74) is 1.96. The van der Waals surface area contributed by atoms with Gasteiger partial charge >= 0.3 is 0 Å². The van der Waals surface area contributed by atoms with Gasteiger partial charge < -0.3 is 10.6 Å². The molecule has 1 aliphatic heterocycles. The molecule has 0 radical (unpaired) electrons. The van der Waals surface area contributed by atoms with Crippen LogP contribution in [0.15, 0.2) is 28.1 Å². The molecule has 2 N–H and O–H groups in total. The van der Waals surface area contributed by atoms with Gasteiger partial charge in [0.15, 0.2) is 0 Å². The summed E-state index contributed by atoms with van der Waals surface area (Å²) in [6, 6.07) is 7.31. The number of nitrogens with one attached hydrogen (secondary N) is 2. The summed E-state index contributed by atoms with van der Waals surface area (Å²) < 4.78 is 15.4. The highest BCUT2D eigenvalue weighted by Crippen LogP contribution is 2.26. The monoisotopic (exact) mass is 404 g/mol. The lowest BCUT2D eigenvalue weighted by atomic mass is 9.99. The Morgan fingerprint density at radius 2 is 2.18 bits per heavy atom. The summed E-state index contributed by atoms with van der Waals surface area (Å²) in [4.78, 5) is 13.0. The Morgan fingerprint density at radius 3 is 2.91 bits per heavy atom. The van der Waals surface area contributed by atoms with E-state index in [1.165, 1.54) is 11.3 Å². The Bertz CT molecular complexity index is 692. The zero-order valence-corrected chi connectivity index (χ0v) is 14.8. The number of carbonyl (C=O) groups is 1. The first-order valence-corrected chi connectivity index (χ1v) is 8.29. The molecule has 1 aromatic heterocycles. The van der Waals surface area contributed by atoms with Crippen LogP contribution >= 0.6 is 39.7 Å². The molecule has 0 aliphatic carbocycles. The highest BCUT2D eigenvalue weighted by atomic mass is 79.9. The normalized spacial score (nSPS) is 13.2. The average molecular weight is 406 g/mol. The van der Waals surface area contributed by atoms with E-state index in [-0.39, 0.29) is 36.2 Å². The summed E-state index contributed by atoms with van der Waals surface area (Å²) in [7, 11) is 0. The van der Waals surface area contributed by atoms with E-state index in [9.17, 15) is 9.18 Å². The van der Waals surface area contributed by atoms with Crippen LogP contribution in [-0.2, 0) is 24.2 Å². The molecule has 0 bridgehead atoms. The van der Waals surface area contributed by atoms with E-state index in [0.717, 1.165) is 20.8 Å². The second kappa shape index (κ2) is 7.55. The molecule has 2 aromatic rings. The predicted molar refractivity (Wildman–Crippen MR) is 93.4 cm³/mol. The molecule has 22 heavy (non-hydrogen) atoms. The van der Waals surface area contributed by atoms with Crippen molar-refractivity contribution in [3.8, 4) is 0 Å². The van der Waals surface area contributed by atoms with Crippen molar-refractivity contribution in [2.45, 2.75) is 19.4 Å². The fraction of sp³-hybridized carbons (Fsp3) is 0.267. The number of benzene rings is 1. The Balaban J connectivity index is 0.00000176. The van der Waals surface area contributed by atoms with Gasteiger partial charge in [-0.25, -0.2) is 4.39 Å². The van der Waals surface area contributed by atoms with Crippen molar-refractivity contribution >= 4 is 51.3 Å². The summed E-state index contributed by atoms with van der Waals surface area (Å²) in [6.45, 7) is 1.45. The van der Waals surface area contributed by atoms with E-state index < -0.39 is 0 Å². The highest BCUT2D eigenvalue weighted by Gasteiger charge is 2.17. The summed E-state index contributed by atoms with van der Waals surface area (Å²) >= 11 is 4.87. The van der Waals surface area contributed by atoms with Crippen LogP contribution in [-0.4, -0.2) is 12.5 Å². The lowest BCUT2D eigenvalue weighted by Gasteiger charge is -2.19. The molecule has 118 valence electrons.